The number of aromatic nitrogens is 2. The first kappa shape index (κ1) is 15.6. The minimum absolute atomic E-state index is 0.562. The summed E-state index contributed by atoms with van der Waals surface area (Å²) in [5, 5.41) is 3.92. The monoisotopic (exact) mass is 287 g/mol. The summed E-state index contributed by atoms with van der Waals surface area (Å²) in [6.45, 7) is 4.94. The van der Waals surface area contributed by atoms with E-state index in [2.05, 4.69) is 21.5 Å². The second kappa shape index (κ2) is 8.59. The van der Waals surface area contributed by atoms with Crippen LogP contribution in [0.25, 0.3) is 0 Å². The molecule has 0 fully saturated rings. The van der Waals surface area contributed by atoms with Crippen molar-refractivity contribution in [2.45, 2.75) is 39.5 Å². The normalized spacial score (nSPS) is 10.7. The van der Waals surface area contributed by atoms with Gasteiger partial charge in [-0.25, -0.2) is 9.97 Å². The number of rotatable bonds is 8. The summed E-state index contributed by atoms with van der Waals surface area (Å²) in [6, 6.07) is 0. The first-order valence-electron chi connectivity index (χ1n) is 6.44. The molecule has 18 heavy (non-hydrogen) atoms. The highest BCUT2D eigenvalue weighted by atomic mass is 35.5. The summed E-state index contributed by atoms with van der Waals surface area (Å²) >= 11 is 7.99. The van der Waals surface area contributed by atoms with Crippen molar-refractivity contribution in [3.8, 4) is 0 Å². The lowest BCUT2D eigenvalue weighted by Crippen LogP contribution is -2.08. The first-order chi connectivity index (χ1) is 8.69. The molecule has 0 radical (unpaired) electrons. The molecular formula is C13H22ClN3S. The minimum Gasteiger partial charge on any atom is -0.370 e. The van der Waals surface area contributed by atoms with E-state index in [1.807, 2.05) is 25.6 Å². The maximum atomic E-state index is 6.09. The molecule has 0 aromatic carbocycles. The van der Waals surface area contributed by atoms with E-state index >= 15 is 0 Å². The van der Waals surface area contributed by atoms with Crippen LogP contribution in [-0.4, -0.2) is 28.5 Å². The highest BCUT2D eigenvalue weighted by molar-refractivity contribution is 7.98. The molecule has 0 unspecified atom stereocenters. The molecule has 0 amide bonds. The van der Waals surface area contributed by atoms with Crippen LogP contribution < -0.4 is 5.32 Å². The Morgan fingerprint density at radius 3 is 2.67 bits per heavy atom. The molecule has 0 saturated carbocycles. The van der Waals surface area contributed by atoms with Crippen molar-refractivity contribution in [2.75, 3.05) is 23.9 Å². The SMILES string of the molecule is CCc1nc(Cl)c(C)c(NCCCCCSC)n1. The zero-order valence-electron chi connectivity index (χ0n) is 11.4. The van der Waals surface area contributed by atoms with Crippen LogP contribution in [-0.2, 0) is 6.42 Å². The third-order valence-electron chi connectivity index (χ3n) is 2.77. The Labute approximate surface area is 119 Å². The van der Waals surface area contributed by atoms with Gasteiger partial charge < -0.3 is 5.32 Å². The molecule has 1 rings (SSSR count). The largest absolute Gasteiger partial charge is 0.370 e. The number of anilines is 1. The molecule has 1 N–H and O–H groups in total. The molecule has 0 saturated heterocycles. The van der Waals surface area contributed by atoms with Gasteiger partial charge in [-0.05, 0) is 31.8 Å². The molecule has 1 aromatic rings. The Balaban J connectivity index is 2.44. The lowest BCUT2D eigenvalue weighted by molar-refractivity contribution is 0.746. The molecule has 0 spiro atoms. The summed E-state index contributed by atoms with van der Waals surface area (Å²) < 4.78 is 0. The third-order valence-corrected chi connectivity index (χ3v) is 3.83. The van der Waals surface area contributed by atoms with Gasteiger partial charge in [-0.3, -0.25) is 0 Å². The van der Waals surface area contributed by atoms with Crippen LogP contribution in [0.1, 0.15) is 37.6 Å². The Morgan fingerprint density at radius 2 is 2.00 bits per heavy atom. The molecule has 102 valence electrons. The number of unbranched alkanes of at least 4 members (excludes halogenated alkanes) is 2. The van der Waals surface area contributed by atoms with Gasteiger partial charge in [-0.2, -0.15) is 11.8 Å². The molecule has 5 heteroatoms. The zero-order valence-corrected chi connectivity index (χ0v) is 13.0. The van der Waals surface area contributed by atoms with Crippen LogP contribution in [0.15, 0.2) is 0 Å². The molecule has 0 aliphatic rings. The van der Waals surface area contributed by atoms with Gasteiger partial charge >= 0.3 is 0 Å². The summed E-state index contributed by atoms with van der Waals surface area (Å²) in [5.74, 6) is 2.94. The molecule has 0 atom stereocenters. The maximum Gasteiger partial charge on any atom is 0.137 e. The summed E-state index contributed by atoms with van der Waals surface area (Å²) in [7, 11) is 0. The number of nitrogens with zero attached hydrogens (tertiary/aromatic N) is 2. The van der Waals surface area contributed by atoms with E-state index in [1.165, 1.54) is 25.0 Å². The van der Waals surface area contributed by atoms with Crippen molar-refractivity contribution in [1.82, 2.24) is 9.97 Å². The maximum absolute atomic E-state index is 6.09. The number of hydrogen-bond donors (Lipinski definition) is 1. The first-order valence-corrected chi connectivity index (χ1v) is 8.22. The number of aryl methyl sites for hydroxylation is 1. The van der Waals surface area contributed by atoms with E-state index in [0.29, 0.717) is 5.15 Å². The zero-order chi connectivity index (χ0) is 13.4. The smallest absolute Gasteiger partial charge is 0.137 e. The van der Waals surface area contributed by atoms with Crippen LogP contribution in [0.2, 0.25) is 5.15 Å². The molecule has 0 aliphatic carbocycles. The number of halogens is 1. The molecular weight excluding hydrogens is 266 g/mol. The van der Waals surface area contributed by atoms with Gasteiger partial charge in [0, 0.05) is 18.5 Å². The second-order valence-electron chi connectivity index (χ2n) is 4.24. The topological polar surface area (TPSA) is 37.8 Å². The van der Waals surface area contributed by atoms with Crippen LogP contribution in [0.4, 0.5) is 5.82 Å². The van der Waals surface area contributed by atoms with Gasteiger partial charge in [-0.1, -0.05) is 24.9 Å². The Bertz CT molecular complexity index is 371. The quantitative estimate of drug-likeness (QED) is 0.580. The summed E-state index contributed by atoms with van der Waals surface area (Å²) in [5.41, 5.74) is 0.943. The van der Waals surface area contributed by atoms with Gasteiger partial charge in [0.25, 0.3) is 0 Å². The van der Waals surface area contributed by atoms with Crippen LogP contribution >= 0.6 is 23.4 Å². The van der Waals surface area contributed by atoms with Crippen LogP contribution in [0, 0.1) is 6.92 Å². The molecule has 1 aromatic heterocycles. The lowest BCUT2D eigenvalue weighted by atomic mass is 10.2. The Morgan fingerprint density at radius 1 is 1.22 bits per heavy atom. The number of hydrogen-bond acceptors (Lipinski definition) is 4. The van der Waals surface area contributed by atoms with E-state index in [0.717, 1.165) is 30.2 Å². The van der Waals surface area contributed by atoms with E-state index in [9.17, 15) is 0 Å². The van der Waals surface area contributed by atoms with E-state index in [1.54, 1.807) is 0 Å². The number of thioether (sulfide) groups is 1. The Hall–Kier alpha value is -0.480. The summed E-state index contributed by atoms with van der Waals surface area (Å²) in [4.78, 5) is 8.71. The van der Waals surface area contributed by atoms with E-state index in [-0.39, 0.29) is 0 Å². The molecule has 1 heterocycles. The van der Waals surface area contributed by atoms with Gasteiger partial charge in [0.15, 0.2) is 0 Å². The highest BCUT2D eigenvalue weighted by Gasteiger charge is 2.07. The van der Waals surface area contributed by atoms with Crippen LogP contribution in [0.3, 0.4) is 0 Å². The Kier molecular flexibility index (Phi) is 7.44. The van der Waals surface area contributed by atoms with Crippen molar-refractivity contribution in [3.63, 3.8) is 0 Å². The summed E-state index contributed by atoms with van der Waals surface area (Å²) in [6.07, 6.45) is 6.67. The molecule has 3 nitrogen and oxygen atoms in total. The lowest BCUT2D eigenvalue weighted by Gasteiger charge is -2.10. The van der Waals surface area contributed by atoms with Crippen molar-refractivity contribution >= 4 is 29.2 Å². The van der Waals surface area contributed by atoms with Crippen LogP contribution in [0.5, 0.6) is 0 Å². The van der Waals surface area contributed by atoms with Crippen molar-refractivity contribution < 1.29 is 0 Å². The van der Waals surface area contributed by atoms with Crippen molar-refractivity contribution in [1.29, 1.82) is 0 Å². The predicted molar refractivity (Wildman–Crippen MR) is 81.9 cm³/mol. The average Bonchev–Trinajstić information content (AvgIpc) is 2.38. The van der Waals surface area contributed by atoms with Gasteiger partial charge in [0.1, 0.15) is 16.8 Å². The van der Waals surface area contributed by atoms with Crippen molar-refractivity contribution in [3.05, 3.63) is 16.5 Å². The highest BCUT2D eigenvalue weighted by Crippen LogP contribution is 2.20. The fourth-order valence-electron chi connectivity index (χ4n) is 1.62. The molecule has 0 aliphatic heterocycles. The fraction of sp³-hybridized carbons (Fsp3) is 0.692. The average molecular weight is 288 g/mol. The van der Waals surface area contributed by atoms with Crippen molar-refractivity contribution in [2.24, 2.45) is 0 Å². The van der Waals surface area contributed by atoms with Gasteiger partial charge in [-0.15, -0.1) is 0 Å². The predicted octanol–water partition coefficient (Wildman–Crippen LogP) is 3.95. The minimum atomic E-state index is 0.562. The van der Waals surface area contributed by atoms with E-state index < -0.39 is 0 Å². The third kappa shape index (κ3) is 5.02. The van der Waals surface area contributed by atoms with E-state index in [4.69, 9.17) is 11.6 Å². The van der Waals surface area contributed by atoms with Gasteiger partial charge in [0.05, 0.1) is 0 Å². The fourth-order valence-corrected chi connectivity index (χ4v) is 2.30. The standard InChI is InChI=1S/C13H22ClN3S/c1-4-11-16-12(14)10(2)13(17-11)15-8-6-5-7-9-18-3/h4-9H2,1-3H3,(H,15,16,17). The molecule has 0 bridgehead atoms. The van der Waals surface area contributed by atoms with Gasteiger partial charge in [0.2, 0.25) is 0 Å². The second-order valence-corrected chi connectivity index (χ2v) is 5.58. The number of nitrogens with one attached hydrogen (secondary N) is 1.